The lowest BCUT2D eigenvalue weighted by Gasteiger charge is -2.17. The molecule has 5 nitrogen and oxygen atoms in total. The zero-order chi connectivity index (χ0) is 18.2. The fraction of sp³-hybridized carbons (Fsp3) is 0.143. The van der Waals surface area contributed by atoms with Gasteiger partial charge in [0.1, 0.15) is 12.4 Å². The Kier molecular flexibility index (Phi) is 5.96. The van der Waals surface area contributed by atoms with E-state index in [0.29, 0.717) is 17.9 Å². The van der Waals surface area contributed by atoms with Crippen molar-refractivity contribution >= 4 is 5.91 Å². The minimum atomic E-state index is -0.551. The van der Waals surface area contributed by atoms with E-state index in [2.05, 4.69) is 10.3 Å². The second-order valence-electron chi connectivity index (χ2n) is 5.67. The average molecular weight is 348 g/mol. The van der Waals surface area contributed by atoms with Crippen LogP contribution in [0.3, 0.4) is 0 Å². The average Bonchev–Trinajstić information content (AvgIpc) is 2.72. The van der Waals surface area contributed by atoms with Crippen molar-refractivity contribution in [3.8, 4) is 5.75 Å². The molecule has 0 radical (unpaired) electrons. The topological polar surface area (TPSA) is 60.5 Å². The highest BCUT2D eigenvalue weighted by atomic mass is 16.5. The van der Waals surface area contributed by atoms with E-state index >= 15 is 0 Å². The normalized spacial score (nSPS) is 11.6. The largest absolute Gasteiger partial charge is 0.489 e. The Labute approximate surface area is 152 Å². The minimum absolute atomic E-state index is 0.227. The van der Waals surface area contributed by atoms with Crippen LogP contribution in [-0.4, -0.2) is 18.0 Å². The predicted octanol–water partition coefficient (Wildman–Crippen LogP) is 3.74. The summed E-state index contributed by atoms with van der Waals surface area (Å²) in [5, 5.41) is 2.83. The predicted molar refractivity (Wildman–Crippen MR) is 98.7 cm³/mol. The molecule has 0 saturated heterocycles. The molecule has 1 N–H and O–H groups in total. The molecule has 0 fully saturated rings. The van der Waals surface area contributed by atoms with Crippen LogP contribution in [0.2, 0.25) is 0 Å². The molecule has 1 atom stereocenters. The molecule has 1 unspecified atom stereocenters. The number of benzene rings is 2. The van der Waals surface area contributed by atoms with Gasteiger partial charge < -0.3 is 14.8 Å². The highest BCUT2D eigenvalue weighted by Crippen LogP contribution is 2.16. The molecule has 0 aliphatic rings. The van der Waals surface area contributed by atoms with Crippen LogP contribution in [-0.2, 0) is 11.3 Å². The number of pyridine rings is 1. The van der Waals surface area contributed by atoms with Gasteiger partial charge in [0.25, 0.3) is 5.91 Å². The second-order valence-corrected chi connectivity index (χ2v) is 5.67. The second kappa shape index (κ2) is 8.78. The number of methoxy groups -OCH3 is 1. The molecule has 26 heavy (non-hydrogen) atoms. The maximum Gasteiger partial charge on any atom is 0.253 e. The first-order valence-electron chi connectivity index (χ1n) is 8.26. The number of carbonyl (C=O) groups is 1. The summed E-state index contributed by atoms with van der Waals surface area (Å²) in [4.78, 5) is 16.5. The van der Waals surface area contributed by atoms with Gasteiger partial charge in [-0.25, -0.2) is 0 Å². The molecule has 3 aromatic rings. The van der Waals surface area contributed by atoms with Crippen molar-refractivity contribution in [2.24, 2.45) is 0 Å². The van der Waals surface area contributed by atoms with Gasteiger partial charge in [0.15, 0.2) is 6.23 Å². The summed E-state index contributed by atoms with van der Waals surface area (Å²) < 4.78 is 11.1. The molecule has 1 heterocycles. The van der Waals surface area contributed by atoms with Crippen molar-refractivity contribution in [2.75, 3.05) is 7.11 Å². The zero-order valence-corrected chi connectivity index (χ0v) is 14.5. The van der Waals surface area contributed by atoms with Crippen molar-refractivity contribution in [1.29, 1.82) is 0 Å². The van der Waals surface area contributed by atoms with Gasteiger partial charge in [0, 0.05) is 30.6 Å². The quantitative estimate of drug-likeness (QED) is 0.661. The summed E-state index contributed by atoms with van der Waals surface area (Å²) in [6.45, 7) is 0.485. The van der Waals surface area contributed by atoms with Gasteiger partial charge in [-0.15, -0.1) is 0 Å². The molecular formula is C21H20N2O3. The molecule has 2 aromatic carbocycles. The van der Waals surface area contributed by atoms with Gasteiger partial charge in [-0.05, 0) is 35.9 Å². The van der Waals surface area contributed by atoms with Crippen molar-refractivity contribution in [3.05, 3.63) is 95.8 Å². The van der Waals surface area contributed by atoms with Crippen LogP contribution >= 0.6 is 0 Å². The van der Waals surface area contributed by atoms with Gasteiger partial charge in [-0.2, -0.15) is 0 Å². The van der Waals surface area contributed by atoms with Crippen molar-refractivity contribution in [2.45, 2.75) is 12.8 Å². The molecule has 1 aromatic heterocycles. The monoisotopic (exact) mass is 348 g/mol. The van der Waals surface area contributed by atoms with Crippen LogP contribution in [0.5, 0.6) is 5.75 Å². The van der Waals surface area contributed by atoms with E-state index < -0.39 is 6.23 Å². The van der Waals surface area contributed by atoms with Crippen LogP contribution in [0.1, 0.15) is 27.7 Å². The van der Waals surface area contributed by atoms with Gasteiger partial charge in [-0.1, -0.05) is 36.4 Å². The van der Waals surface area contributed by atoms with E-state index in [-0.39, 0.29) is 5.91 Å². The number of nitrogens with one attached hydrogen (secondary N) is 1. The molecule has 0 spiro atoms. The molecule has 0 bridgehead atoms. The lowest BCUT2D eigenvalue weighted by atomic mass is 10.2. The summed E-state index contributed by atoms with van der Waals surface area (Å²) in [6, 6.07) is 20.6. The van der Waals surface area contributed by atoms with Crippen LogP contribution in [0.4, 0.5) is 0 Å². The lowest BCUT2D eigenvalue weighted by Crippen LogP contribution is -2.29. The number of hydrogen-bond acceptors (Lipinski definition) is 4. The first-order valence-corrected chi connectivity index (χ1v) is 8.26. The number of amides is 1. The Balaban J connectivity index is 1.59. The van der Waals surface area contributed by atoms with Crippen molar-refractivity contribution < 1.29 is 14.3 Å². The first-order chi connectivity index (χ1) is 12.8. The Hall–Kier alpha value is -3.18. The molecule has 1 amide bonds. The SMILES string of the molecule is COC(NC(=O)c1ccc(OCc2ccccc2)cc1)c1cccnc1. The minimum Gasteiger partial charge on any atom is -0.489 e. The standard InChI is InChI=1S/C21H20N2O3/c1-25-21(18-8-5-13-22-14-18)23-20(24)17-9-11-19(12-10-17)26-15-16-6-3-2-4-7-16/h2-14,21H,15H2,1H3,(H,23,24). The summed E-state index contributed by atoms with van der Waals surface area (Å²) >= 11 is 0. The molecule has 0 aliphatic carbocycles. The van der Waals surface area contributed by atoms with E-state index in [4.69, 9.17) is 9.47 Å². The van der Waals surface area contributed by atoms with E-state index in [1.165, 1.54) is 0 Å². The van der Waals surface area contributed by atoms with E-state index in [1.807, 2.05) is 36.4 Å². The highest BCUT2D eigenvalue weighted by Gasteiger charge is 2.15. The Morgan fingerprint density at radius 3 is 2.46 bits per heavy atom. The first kappa shape index (κ1) is 17.6. The van der Waals surface area contributed by atoms with Gasteiger partial charge in [0.05, 0.1) is 0 Å². The van der Waals surface area contributed by atoms with Crippen molar-refractivity contribution in [1.82, 2.24) is 10.3 Å². The summed E-state index contributed by atoms with van der Waals surface area (Å²) in [5.41, 5.74) is 2.41. The molecule has 3 rings (SSSR count). The molecule has 0 aliphatic heterocycles. The number of carbonyl (C=O) groups excluding carboxylic acids is 1. The third-order valence-corrected chi connectivity index (χ3v) is 3.85. The maximum atomic E-state index is 12.4. The fourth-order valence-corrected chi connectivity index (χ4v) is 2.46. The number of aromatic nitrogens is 1. The van der Waals surface area contributed by atoms with E-state index in [9.17, 15) is 4.79 Å². The number of nitrogens with zero attached hydrogens (tertiary/aromatic N) is 1. The fourth-order valence-electron chi connectivity index (χ4n) is 2.46. The summed E-state index contributed by atoms with van der Waals surface area (Å²) in [5.74, 6) is 0.483. The third kappa shape index (κ3) is 4.68. The van der Waals surface area contributed by atoms with Gasteiger partial charge in [0.2, 0.25) is 0 Å². The third-order valence-electron chi connectivity index (χ3n) is 3.85. The number of ether oxygens (including phenoxy) is 2. The molecule has 5 heteroatoms. The molecular weight excluding hydrogens is 328 g/mol. The number of hydrogen-bond donors (Lipinski definition) is 1. The lowest BCUT2D eigenvalue weighted by molar-refractivity contribution is 0.0573. The zero-order valence-electron chi connectivity index (χ0n) is 14.5. The number of rotatable bonds is 7. The van der Waals surface area contributed by atoms with Gasteiger partial charge in [-0.3, -0.25) is 9.78 Å². The smallest absolute Gasteiger partial charge is 0.253 e. The van der Waals surface area contributed by atoms with Crippen LogP contribution in [0.15, 0.2) is 79.1 Å². The Morgan fingerprint density at radius 2 is 1.81 bits per heavy atom. The van der Waals surface area contributed by atoms with Crippen LogP contribution in [0, 0.1) is 0 Å². The highest BCUT2D eigenvalue weighted by molar-refractivity contribution is 5.94. The summed E-state index contributed by atoms with van der Waals surface area (Å²) in [6.07, 6.45) is 2.78. The van der Waals surface area contributed by atoms with E-state index in [0.717, 1.165) is 11.1 Å². The van der Waals surface area contributed by atoms with Crippen LogP contribution < -0.4 is 10.1 Å². The summed E-state index contributed by atoms with van der Waals surface area (Å²) in [7, 11) is 1.54. The Bertz CT molecular complexity index is 821. The van der Waals surface area contributed by atoms with E-state index in [1.54, 1.807) is 49.8 Å². The van der Waals surface area contributed by atoms with Crippen LogP contribution in [0.25, 0.3) is 0 Å². The Morgan fingerprint density at radius 1 is 1.04 bits per heavy atom. The van der Waals surface area contributed by atoms with Crippen molar-refractivity contribution in [3.63, 3.8) is 0 Å². The maximum absolute atomic E-state index is 12.4. The van der Waals surface area contributed by atoms with Gasteiger partial charge >= 0.3 is 0 Å². The molecule has 0 saturated carbocycles. The molecule has 132 valence electrons.